The monoisotopic (exact) mass is 363 g/mol. The van der Waals surface area contributed by atoms with Crippen LogP contribution in [-0.2, 0) is 0 Å². The summed E-state index contributed by atoms with van der Waals surface area (Å²) < 4.78 is 4.19. The number of carbonyl (C=O) groups is 1. The molecular weight excluding hydrogens is 342 g/mol. The number of aromatic nitrogens is 1. The number of nitrogens with zero attached hydrogens (tertiary/aromatic N) is 1. The number of hydrogen-bond donors (Lipinski definition) is 2. The zero-order valence-electron chi connectivity index (χ0n) is 13.6. The molecule has 0 spiro atoms. The largest absolute Gasteiger partial charge is 0.313 e. The average molecular weight is 364 g/mol. The molecule has 24 heavy (non-hydrogen) atoms. The summed E-state index contributed by atoms with van der Waals surface area (Å²) in [5.74, 6) is 1.42. The van der Waals surface area contributed by atoms with Gasteiger partial charge in [0, 0.05) is 17.5 Å². The normalized spacial score (nSPS) is 21.9. The summed E-state index contributed by atoms with van der Waals surface area (Å²) in [4.78, 5) is 12.4. The molecule has 2 fully saturated rings. The van der Waals surface area contributed by atoms with E-state index in [-0.39, 0.29) is 18.3 Å². The van der Waals surface area contributed by atoms with Crippen molar-refractivity contribution in [3.8, 4) is 0 Å². The minimum atomic E-state index is -0.0568. The number of aryl methyl sites for hydroxylation is 1. The molecule has 0 aliphatic heterocycles. The summed E-state index contributed by atoms with van der Waals surface area (Å²) in [7, 11) is 0. The van der Waals surface area contributed by atoms with E-state index in [0.717, 1.165) is 28.7 Å². The van der Waals surface area contributed by atoms with Gasteiger partial charge in [-0.05, 0) is 73.9 Å². The first-order chi connectivity index (χ1) is 11.2. The number of rotatable bonds is 6. The van der Waals surface area contributed by atoms with Crippen LogP contribution in [0.1, 0.15) is 46.8 Å². The lowest BCUT2D eigenvalue weighted by Crippen LogP contribution is -2.20. The molecule has 0 bridgehead atoms. The van der Waals surface area contributed by atoms with E-state index in [4.69, 9.17) is 0 Å². The Labute approximate surface area is 152 Å². The second-order valence-electron chi connectivity index (χ2n) is 6.71. The van der Waals surface area contributed by atoms with Gasteiger partial charge in [0.05, 0.1) is 5.69 Å². The lowest BCUT2D eigenvalue weighted by atomic mass is 10.1. The summed E-state index contributed by atoms with van der Waals surface area (Å²) in [6, 6.07) is 10.5. The Kier molecular flexibility index (Phi) is 5.23. The highest BCUT2D eigenvalue weighted by molar-refractivity contribution is 7.10. The van der Waals surface area contributed by atoms with E-state index in [1.807, 2.05) is 31.2 Å². The number of nitrogens with one attached hydrogen (secondary N) is 2. The van der Waals surface area contributed by atoms with E-state index in [9.17, 15) is 4.79 Å². The van der Waals surface area contributed by atoms with Gasteiger partial charge in [-0.3, -0.25) is 4.79 Å². The predicted octanol–water partition coefficient (Wildman–Crippen LogP) is 3.98. The second-order valence-corrected chi connectivity index (χ2v) is 7.52. The molecule has 6 heteroatoms. The molecule has 1 amide bonds. The number of amides is 1. The van der Waals surface area contributed by atoms with E-state index in [1.165, 1.54) is 36.4 Å². The second kappa shape index (κ2) is 7.21. The van der Waals surface area contributed by atoms with E-state index in [1.54, 1.807) is 0 Å². The van der Waals surface area contributed by atoms with Crippen LogP contribution in [0.5, 0.6) is 0 Å². The molecule has 2 unspecified atom stereocenters. The summed E-state index contributed by atoms with van der Waals surface area (Å²) in [6.07, 6.45) is 3.96. The number of carbonyl (C=O) groups excluding carboxylic acids is 1. The Morgan fingerprint density at radius 3 is 2.88 bits per heavy atom. The third kappa shape index (κ3) is 4.15. The van der Waals surface area contributed by atoms with Crippen LogP contribution < -0.4 is 10.6 Å². The number of benzene rings is 1. The molecule has 1 aromatic heterocycles. The number of hydrogen-bond acceptors (Lipinski definition) is 4. The van der Waals surface area contributed by atoms with Crippen molar-refractivity contribution in [1.82, 2.24) is 9.69 Å². The Bertz CT molecular complexity index is 729. The standard InChI is InChI=1S/C18H21N3OS.ClH/c1-11-7-17(23-21-11)20-18(22)14-4-2-3-13(8-14)15-9-16(15)19-10-12-5-6-12;/h2-4,7-8,12,15-16,19H,5-6,9-10H2,1H3,(H,20,22);1H. The molecule has 2 aliphatic carbocycles. The fourth-order valence-electron chi connectivity index (χ4n) is 2.95. The van der Waals surface area contributed by atoms with E-state index in [2.05, 4.69) is 21.1 Å². The Hall–Kier alpha value is -1.43. The van der Waals surface area contributed by atoms with Crippen molar-refractivity contribution in [3.63, 3.8) is 0 Å². The lowest BCUT2D eigenvalue weighted by molar-refractivity contribution is 0.102. The average Bonchev–Trinajstić information content (AvgIpc) is 3.45. The first-order valence-electron chi connectivity index (χ1n) is 8.27. The molecule has 4 nitrogen and oxygen atoms in total. The molecule has 2 atom stereocenters. The smallest absolute Gasteiger partial charge is 0.256 e. The summed E-state index contributed by atoms with van der Waals surface area (Å²) in [5, 5.41) is 7.38. The predicted molar refractivity (Wildman–Crippen MR) is 100 cm³/mol. The maximum atomic E-state index is 12.4. The van der Waals surface area contributed by atoms with Gasteiger partial charge in [0.15, 0.2) is 0 Å². The maximum Gasteiger partial charge on any atom is 0.256 e. The third-order valence-electron chi connectivity index (χ3n) is 4.60. The van der Waals surface area contributed by atoms with Crippen LogP contribution in [0.25, 0.3) is 0 Å². The molecule has 1 heterocycles. The topological polar surface area (TPSA) is 54.0 Å². The third-order valence-corrected chi connectivity index (χ3v) is 5.39. The van der Waals surface area contributed by atoms with Crippen molar-refractivity contribution in [2.24, 2.45) is 5.92 Å². The van der Waals surface area contributed by atoms with Gasteiger partial charge in [-0.15, -0.1) is 12.4 Å². The minimum absolute atomic E-state index is 0. The molecule has 1 aromatic carbocycles. The van der Waals surface area contributed by atoms with Crippen LogP contribution >= 0.6 is 23.9 Å². The molecule has 0 radical (unpaired) electrons. The molecule has 2 aliphatic rings. The van der Waals surface area contributed by atoms with Crippen LogP contribution in [0.2, 0.25) is 0 Å². The summed E-state index contributed by atoms with van der Waals surface area (Å²) in [5.41, 5.74) is 2.93. The van der Waals surface area contributed by atoms with E-state index >= 15 is 0 Å². The first-order valence-corrected chi connectivity index (χ1v) is 9.04. The summed E-state index contributed by atoms with van der Waals surface area (Å²) in [6.45, 7) is 3.08. The molecule has 2 N–H and O–H groups in total. The lowest BCUT2D eigenvalue weighted by Gasteiger charge is -2.06. The van der Waals surface area contributed by atoms with Gasteiger partial charge in [-0.2, -0.15) is 4.37 Å². The number of halogens is 1. The highest BCUT2D eigenvalue weighted by atomic mass is 35.5. The van der Waals surface area contributed by atoms with Crippen molar-refractivity contribution < 1.29 is 4.79 Å². The quantitative estimate of drug-likeness (QED) is 0.816. The molecule has 128 valence electrons. The zero-order valence-corrected chi connectivity index (χ0v) is 15.3. The maximum absolute atomic E-state index is 12.4. The van der Waals surface area contributed by atoms with Crippen molar-refractivity contribution in [2.75, 3.05) is 11.9 Å². The van der Waals surface area contributed by atoms with Gasteiger partial charge < -0.3 is 10.6 Å². The van der Waals surface area contributed by atoms with Crippen molar-refractivity contribution >= 4 is 34.8 Å². The van der Waals surface area contributed by atoms with E-state index < -0.39 is 0 Å². The van der Waals surface area contributed by atoms with Gasteiger partial charge in [0.1, 0.15) is 5.00 Å². The first kappa shape index (κ1) is 17.4. The fourth-order valence-corrected chi connectivity index (χ4v) is 3.60. The van der Waals surface area contributed by atoms with Gasteiger partial charge >= 0.3 is 0 Å². The fraction of sp³-hybridized carbons (Fsp3) is 0.444. The van der Waals surface area contributed by atoms with Gasteiger partial charge in [-0.1, -0.05) is 12.1 Å². The van der Waals surface area contributed by atoms with Crippen molar-refractivity contribution in [1.29, 1.82) is 0 Å². The van der Waals surface area contributed by atoms with Gasteiger partial charge in [-0.25, -0.2) is 0 Å². The Morgan fingerprint density at radius 1 is 1.33 bits per heavy atom. The van der Waals surface area contributed by atoms with Crippen LogP contribution in [0.3, 0.4) is 0 Å². The van der Waals surface area contributed by atoms with Crippen LogP contribution in [-0.4, -0.2) is 22.9 Å². The Balaban J connectivity index is 0.00000169. The molecule has 2 saturated carbocycles. The van der Waals surface area contributed by atoms with Crippen molar-refractivity contribution in [3.05, 3.63) is 47.2 Å². The summed E-state index contributed by atoms with van der Waals surface area (Å²) >= 11 is 1.32. The Morgan fingerprint density at radius 2 is 2.17 bits per heavy atom. The van der Waals surface area contributed by atoms with Gasteiger partial charge in [0.25, 0.3) is 5.91 Å². The number of anilines is 1. The molecule has 4 rings (SSSR count). The van der Waals surface area contributed by atoms with E-state index in [0.29, 0.717) is 12.0 Å². The van der Waals surface area contributed by atoms with Crippen LogP contribution in [0.15, 0.2) is 30.3 Å². The highest BCUT2D eigenvalue weighted by Gasteiger charge is 2.39. The van der Waals surface area contributed by atoms with Crippen molar-refractivity contribution in [2.45, 2.75) is 38.1 Å². The zero-order chi connectivity index (χ0) is 15.8. The van der Waals surface area contributed by atoms with Crippen LogP contribution in [0.4, 0.5) is 5.00 Å². The molecule has 2 aromatic rings. The molecular formula is C18H22ClN3OS. The molecule has 0 saturated heterocycles. The highest BCUT2D eigenvalue weighted by Crippen LogP contribution is 2.41. The van der Waals surface area contributed by atoms with Crippen LogP contribution in [0, 0.1) is 12.8 Å². The van der Waals surface area contributed by atoms with Gasteiger partial charge in [0.2, 0.25) is 0 Å². The SMILES string of the molecule is Cc1cc(NC(=O)c2cccc(C3CC3NCC3CC3)c2)sn1.Cl. The minimum Gasteiger partial charge on any atom is -0.313 e.